The maximum Gasteiger partial charge on any atom is 1.00 e. The molecule has 0 fully saturated rings. The largest absolute Gasteiger partial charge is 1.00 e. The zero-order valence-electron chi connectivity index (χ0n) is 9.39. The molecular weight excluding hydrogens is 287 g/mol. The number of aromatic hydroxyl groups is 2. The summed E-state index contributed by atoms with van der Waals surface area (Å²) in [4.78, 5) is -2.20. The van der Waals surface area contributed by atoms with Gasteiger partial charge < -0.3 is 11.6 Å². The van der Waals surface area contributed by atoms with E-state index in [-0.39, 0.29) is 31.0 Å². The van der Waals surface area contributed by atoms with Crippen LogP contribution in [0.3, 0.4) is 0 Å². The van der Waals surface area contributed by atoms with Gasteiger partial charge in [0, 0.05) is 6.07 Å². The molecule has 1 aromatic rings. The molecular formula is C6H7NaO8S2. The maximum atomic E-state index is 10.7. The molecule has 0 bridgehead atoms. The molecule has 0 saturated heterocycles. The average molecular weight is 294 g/mol. The van der Waals surface area contributed by atoms with Crippen molar-refractivity contribution in [2.45, 2.75) is 9.79 Å². The van der Waals surface area contributed by atoms with E-state index in [1.165, 1.54) is 0 Å². The van der Waals surface area contributed by atoms with Crippen LogP contribution in [0.25, 0.3) is 0 Å². The van der Waals surface area contributed by atoms with Gasteiger partial charge in [0.05, 0.1) is 4.90 Å². The van der Waals surface area contributed by atoms with Crippen LogP contribution in [-0.4, -0.2) is 36.2 Å². The van der Waals surface area contributed by atoms with Gasteiger partial charge in [-0.15, -0.1) is 0 Å². The fraction of sp³-hybridized carbons (Fsp3) is 0. The van der Waals surface area contributed by atoms with Gasteiger partial charge in [-0.2, -0.15) is 16.8 Å². The van der Waals surface area contributed by atoms with E-state index in [0.717, 1.165) is 0 Å². The first-order valence-corrected chi connectivity index (χ1v) is 6.42. The number of hydrogen-bond donors (Lipinski definition) is 4. The van der Waals surface area contributed by atoms with Crippen LogP contribution < -0.4 is 29.6 Å². The van der Waals surface area contributed by atoms with Gasteiger partial charge in [0.15, 0.2) is 11.5 Å². The molecule has 0 heterocycles. The molecule has 4 N–H and O–H groups in total. The Labute approximate surface area is 120 Å². The quantitative estimate of drug-likeness (QED) is 0.252. The van der Waals surface area contributed by atoms with Gasteiger partial charge in [-0.1, -0.05) is 0 Å². The van der Waals surface area contributed by atoms with Crippen molar-refractivity contribution in [3.63, 3.8) is 0 Å². The van der Waals surface area contributed by atoms with Gasteiger partial charge in [0.1, 0.15) is 4.90 Å². The van der Waals surface area contributed by atoms with E-state index >= 15 is 0 Å². The predicted octanol–water partition coefficient (Wildman–Crippen LogP) is -3.29. The van der Waals surface area contributed by atoms with E-state index < -0.39 is 41.5 Å². The molecule has 0 aliphatic rings. The fourth-order valence-electron chi connectivity index (χ4n) is 0.914. The molecule has 0 amide bonds. The summed E-state index contributed by atoms with van der Waals surface area (Å²) >= 11 is 0. The summed E-state index contributed by atoms with van der Waals surface area (Å²) < 4.78 is 59.9. The summed E-state index contributed by atoms with van der Waals surface area (Å²) in [6, 6.07) is 0.735. The normalized spacial score (nSPS) is 11.9. The van der Waals surface area contributed by atoms with E-state index in [1.54, 1.807) is 0 Å². The summed E-state index contributed by atoms with van der Waals surface area (Å²) in [5, 5.41) is 18.1. The van der Waals surface area contributed by atoms with Gasteiger partial charge in [-0.3, -0.25) is 9.11 Å². The van der Waals surface area contributed by atoms with Crippen LogP contribution in [0, 0.1) is 0 Å². The van der Waals surface area contributed by atoms with Crippen LogP contribution in [-0.2, 0) is 20.2 Å². The summed E-state index contributed by atoms with van der Waals surface area (Å²) in [5.41, 5.74) is 0. The zero-order chi connectivity index (χ0) is 12.7. The number of rotatable bonds is 2. The van der Waals surface area contributed by atoms with Gasteiger partial charge in [-0.25, -0.2) is 0 Å². The molecule has 0 spiro atoms. The predicted molar refractivity (Wildman–Crippen MR) is 50.5 cm³/mol. The van der Waals surface area contributed by atoms with Crippen molar-refractivity contribution in [1.29, 1.82) is 0 Å². The van der Waals surface area contributed by atoms with E-state index in [1.807, 2.05) is 0 Å². The fourth-order valence-corrected chi connectivity index (χ4v) is 2.14. The summed E-state index contributed by atoms with van der Waals surface area (Å²) in [7, 11) is -9.70. The van der Waals surface area contributed by atoms with Gasteiger partial charge in [0.25, 0.3) is 20.2 Å². The molecule has 0 aromatic heterocycles. The molecule has 0 radical (unpaired) electrons. The Bertz CT molecular complexity index is 638. The maximum absolute atomic E-state index is 10.7. The Morgan fingerprint density at radius 1 is 0.941 bits per heavy atom. The van der Waals surface area contributed by atoms with Crippen molar-refractivity contribution < 1.29 is 67.1 Å². The number of hydrogen-bond acceptors (Lipinski definition) is 6. The Balaban J connectivity index is 0. The van der Waals surface area contributed by atoms with E-state index in [9.17, 15) is 16.8 Å². The van der Waals surface area contributed by atoms with E-state index in [2.05, 4.69) is 0 Å². The van der Waals surface area contributed by atoms with E-state index in [4.69, 9.17) is 19.3 Å². The SMILES string of the molecule is O=S(=O)(O)c1cc(O)c(O)c(S(=O)(=O)O)c1.[H-].[Na+]. The second-order valence-corrected chi connectivity index (χ2v) is 5.55. The number of phenolic OH excluding ortho intramolecular Hbond substituents is 2. The topological polar surface area (TPSA) is 149 Å². The molecule has 17 heavy (non-hydrogen) atoms. The third-order valence-corrected chi connectivity index (χ3v) is 3.30. The van der Waals surface area contributed by atoms with Crippen molar-refractivity contribution >= 4 is 20.2 Å². The Hall–Kier alpha value is -0.360. The molecule has 11 heteroatoms. The van der Waals surface area contributed by atoms with Crippen molar-refractivity contribution in [2.75, 3.05) is 0 Å². The minimum Gasteiger partial charge on any atom is -1.00 e. The molecule has 8 nitrogen and oxygen atoms in total. The van der Waals surface area contributed by atoms with Crippen LogP contribution in [0.15, 0.2) is 21.9 Å². The minimum absolute atomic E-state index is 0. The molecule has 1 rings (SSSR count). The van der Waals surface area contributed by atoms with Crippen molar-refractivity contribution in [1.82, 2.24) is 0 Å². The van der Waals surface area contributed by atoms with Crippen LogP contribution in [0.1, 0.15) is 1.43 Å². The molecule has 1 aromatic carbocycles. The second kappa shape index (κ2) is 5.10. The number of phenols is 2. The van der Waals surface area contributed by atoms with Crippen LogP contribution >= 0.6 is 0 Å². The summed E-state index contributed by atoms with van der Waals surface area (Å²) in [6.07, 6.45) is 0. The van der Waals surface area contributed by atoms with E-state index in [0.29, 0.717) is 12.1 Å². The first kappa shape index (κ1) is 16.6. The van der Waals surface area contributed by atoms with Crippen LogP contribution in [0.2, 0.25) is 0 Å². The third kappa shape index (κ3) is 3.81. The molecule has 92 valence electrons. The molecule has 0 aliphatic carbocycles. The van der Waals surface area contributed by atoms with Crippen LogP contribution in [0.4, 0.5) is 0 Å². The standard InChI is InChI=1S/C6H6O8S2.Na.H/c7-4-1-3(15(9,10)11)2-5(6(4)8)16(12,13)14;;/h1-2,7-8H,(H,9,10,11)(H,12,13,14);;/q;+1;-1. The van der Waals surface area contributed by atoms with Gasteiger partial charge in [-0.05, 0) is 6.07 Å². The second-order valence-electron chi connectivity index (χ2n) is 2.74. The Morgan fingerprint density at radius 3 is 1.76 bits per heavy atom. The Kier molecular flexibility index (Phi) is 4.99. The summed E-state index contributed by atoms with van der Waals surface area (Å²) in [5.74, 6) is -2.32. The summed E-state index contributed by atoms with van der Waals surface area (Å²) in [6.45, 7) is 0. The first-order chi connectivity index (χ1) is 7.03. The van der Waals surface area contributed by atoms with Crippen molar-refractivity contribution in [3.05, 3.63) is 12.1 Å². The number of benzene rings is 1. The van der Waals surface area contributed by atoms with Crippen molar-refractivity contribution in [3.8, 4) is 11.5 Å². The van der Waals surface area contributed by atoms with Gasteiger partial charge in [0.2, 0.25) is 0 Å². The van der Waals surface area contributed by atoms with Crippen LogP contribution in [0.5, 0.6) is 11.5 Å². The monoisotopic (exact) mass is 294 g/mol. The smallest absolute Gasteiger partial charge is 1.00 e. The molecule has 0 unspecified atom stereocenters. The third-order valence-electron chi connectivity index (χ3n) is 1.60. The molecule has 0 atom stereocenters. The first-order valence-electron chi connectivity index (χ1n) is 3.54. The molecule has 0 aliphatic heterocycles. The minimum atomic E-state index is -4.92. The zero-order valence-corrected chi connectivity index (χ0v) is 12.0. The van der Waals surface area contributed by atoms with Crippen molar-refractivity contribution in [2.24, 2.45) is 0 Å². The molecule has 0 saturated carbocycles. The average Bonchev–Trinajstić information content (AvgIpc) is 2.05. The Morgan fingerprint density at radius 2 is 1.41 bits per heavy atom. The van der Waals surface area contributed by atoms with Gasteiger partial charge >= 0.3 is 29.6 Å².